The van der Waals surface area contributed by atoms with Crippen molar-refractivity contribution in [2.24, 2.45) is 0 Å². The minimum atomic E-state index is -3.55. The van der Waals surface area contributed by atoms with Crippen LogP contribution in [0.4, 0.5) is 0 Å². The molecule has 102 valence electrons. The molecule has 0 aliphatic rings. The summed E-state index contributed by atoms with van der Waals surface area (Å²) in [6.45, 7) is 3.67. The van der Waals surface area contributed by atoms with Gasteiger partial charge in [0.25, 0.3) is 0 Å². The molecule has 1 aromatic carbocycles. The summed E-state index contributed by atoms with van der Waals surface area (Å²) in [7, 11) is -3.55. The smallest absolute Gasteiger partial charge is 0.241 e. The Bertz CT molecular complexity index is 647. The van der Waals surface area contributed by atoms with Gasteiger partial charge in [0.2, 0.25) is 15.9 Å². The molecule has 0 spiro atoms. The van der Waals surface area contributed by atoms with Crippen molar-refractivity contribution in [1.29, 1.82) is 0 Å². The maximum Gasteiger partial charge on any atom is 0.241 e. The van der Waals surface area contributed by atoms with E-state index in [2.05, 4.69) is 14.9 Å². The third-order valence-corrected chi connectivity index (χ3v) is 4.04. The van der Waals surface area contributed by atoms with Gasteiger partial charge in [-0.05, 0) is 31.0 Å². The third-order valence-electron chi connectivity index (χ3n) is 2.62. The number of rotatable bonds is 5. The lowest BCUT2D eigenvalue weighted by Gasteiger charge is -2.05. The van der Waals surface area contributed by atoms with Crippen LogP contribution in [0.25, 0.3) is 0 Å². The van der Waals surface area contributed by atoms with Gasteiger partial charge in [-0.1, -0.05) is 24.2 Å². The Morgan fingerprint density at radius 1 is 1.26 bits per heavy atom. The van der Waals surface area contributed by atoms with Crippen LogP contribution in [0.3, 0.4) is 0 Å². The van der Waals surface area contributed by atoms with E-state index in [-0.39, 0.29) is 17.3 Å². The molecular weight excluding hydrogens is 266 g/mol. The largest absolute Gasteiger partial charge is 0.338 e. The van der Waals surface area contributed by atoms with Crippen molar-refractivity contribution in [3.8, 4) is 0 Å². The van der Waals surface area contributed by atoms with Crippen molar-refractivity contribution in [2.75, 3.05) is 0 Å². The lowest BCUT2D eigenvalue weighted by atomic mass is 10.2. The molecule has 0 atom stereocenters. The van der Waals surface area contributed by atoms with Crippen molar-refractivity contribution < 1.29 is 12.9 Å². The molecule has 7 heteroatoms. The molecule has 1 N–H and O–H groups in total. The van der Waals surface area contributed by atoms with Gasteiger partial charge in [-0.25, -0.2) is 13.1 Å². The second-order valence-corrected chi connectivity index (χ2v) is 5.82. The third kappa shape index (κ3) is 3.39. The zero-order valence-electron chi connectivity index (χ0n) is 10.8. The number of nitrogens with zero attached hydrogens (tertiary/aromatic N) is 2. The average molecular weight is 281 g/mol. The zero-order valence-corrected chi connectivity index (χ0v) is 11.6. The molecule has 0 bridgehead atoms. The molecule has 2 aromatic rings. The number of nitrogens with one attached hydrogen (secondary N) is 1. The minimum Gasteiger partial charge on any atom is -0.338 e. The maximum atomic E-state index is 12.0. The molecule has 0 saturated heterocycles. The fourth-order valence-electron chi connectivity index (χ4n) is 1.56. The minimum absolute atomic E-state index is 0.0152. The summed E-state index contributed by atoms with van der Waals surface area (Å²) in [5.74, 6) is 0.716. The quantitative estimate of drug-likeness (QED) is 0.895. The van der Waals surface area contributed by atoms with Gasteiger partial charge < -0.3 is 4.52 Å². The van der Waals surface area contributed by atoms with Crippen molar-refractivity contribution in [3.05, 3.63) is 41.5 Å². The molecule has 0 radical (unpaired) electrons. The first-order valence-electron chi connectivity index (χ1n) is 5.89. The number of aryl methyl sites for hydroxylation is 2. The van der Waals surface area contributed by atoms with E-state index in [9.17, 15) is 8.42 Å². The van der Waals surface area contributed by atoms with E-state index in [1.54, 1.807) is 31.2 Å². The van der Waals surface area contributed by atoms with E-state index in [0.717, 1.165) is 12.0 Å². The maximum absolute atomic E-state index is 12.0. The Morgan fingerprint density at radius 2 is 1.95 bits per heavy atom. The van der Waals surface area contributed by atoms with Gasteiger partial charge in [0, 0.05) is 0 Å². The highest BCUT2D eigenvalue weighted by atomic mass is 32.2. The molecule has 0 amide bonds. The van der Waals surface area contributed by atoms with Gasteiger partial charge in [0.1, 0.15) is 0 Å². The standard InChI is InChI=1S/C12H15N3O3S/c1-3-10-4-6-11(7-5-10)19(16,17)13-8-12-14-9(2)15-18-12/h4-7,13H,3,8H2,1-2H3. The molecule has 1 heterocycles. The normalized spacial score (nSPS) is 11.7. The molecule has 1 aromatic heterocycles. The highest BCUT2D eigenvalue weighted by Crippen LogP contribution is 2.11. The molecule has 0 unspecified atom stereocenters. The first-order valence-corrected chi connectivity index (χ1v) is 7.37. The number of benzene rings is 1. The molecule has 0 saturated carbocycles. The highest BCUT2D eigenvalue weighted by Gasteiger charge is 2.15. The summed E-state index contributed by atoms with van der Waals surface area (Å²) in [6.07, 6.45) is 0.870. The fraction of sp³-hybridized carbons (Fsp3) is 0.333. The van der Waals surface area contributed by atoms with Gasteiger partial charge in [0.15, 0.2) is 5.82 Å². The van der Waals surface area contributed by atoms with Crippen LogP contribution in [0.1, 0.15) is 24.2 Å². The molecular formula is C12H15N3O3S. The summed E-state index contributed by atoms with van der Waals surface area (Å²) in [4.78, 5) is 4.15. The van der Waals surface area contributed by atoms with E-state index in [1.165, 1.54) is 0 Å². The van der Waals surface area contributed by atoms with E-state index >= 15 is 0 Å². The monoisotopic (exact) mass is 281 g/mol. The highest BCUT2D eigenvalue weighted by molar-refractivity contribution is 7.89. The Kier molecular flexibility index (Phi) is 3.96. The van der Waals surface area contributed by atoms with Crippen molar-refractivity contribution in [3.63, 3.8) is 0 Å². The fourth-order valence-corrected chi connectivity index (χ4v) is 2.53. The Hall–Kier alpha value is -1.73. The Labute approximate surface area is 111 Å². The van der Waals surface area contributed by atoms with Crippen LogP contribution in [0.15, 0.2) is 33.7 Å². The van der Waals surface area contributed by atoms with Crippen LogP contribution in [0.5, 0.6) is 0 Å². The van der Waals surface area contributed by atoms with Gasteiger partial charge in [-0.3, -0.25) is 0 Å². The molecule has 0 aliphatic carbocycles. The summed E-state index contributed by atoms with van der Waals surface area (Å²) in [6, 6.07) is 6.76. The van der Waals surface area contributed by atoms with Crippen LogP contribution in [-0.4, -0.2) is 18.6 Å². The summed E-state index contributed by atoms with van der Waals surface area (Å²) < 4.78 is 31.3. The number of sulfonamides is 1. The molecule has 0 aliphatic heterocycles. The van der Waals surface area contributed by atoms with Crippen LogP contribution in [0.2, 0.25) is 0 Å². The van der Waals surface area contributed by atoms with E-state index < -0.39 is 10.0 Å². The van der Waals surface area contributed by atoms with E-state index in [0.29, 0.717) is 5.82 Å². The summed E-state index contributed by atoms with van der Waals surface area (Å²) in [5.41, 5.74) is 1.09. The second-order valence-electron chi connectivity index (χ2n) is 4.06. The number of hydrogen-bond acceptors (Lipinski definition) is 5. The predicted molar refractivity (Wildman–Crippen MR) is 68.9 cm³/mol. The van der Waals surface area contributed by atoms with Crippen LogP contribution >= 0.6 is 0 Å². The van der Waals surface area contributed by atoms with Crippen LogP contribution in [-0.2, 0) is 23.0 Å². The SMILES string of the molecule is CCc1ccc(S(=O)(=O)NCc2nc(C)no2)cc1. The second kappa shape index (κ2) is 5.50. The van der Waals surface area contributed by atoms with Crippen molar-refractivity contribution >= 4 is 10.0 Å². The van der Waals surface area contributed by atoms with E-state index in [4.69, 9.17) is 4.52 Å². The van der Waals surface area contributed by atoms with Crippen LogP contribution in [0, 0.1) is 6.92 Å². The summed E-state index contributed by atoms with van der Waals surface area (Å²) in [5, 5.41) is 3.59. The molecule has 19 heavy (non-hydrogen) atoms. The molecule has 0 fully saturated rings. The van der Waals surface area contributed by atoms with Crippen LogP contribution < -0.4 is 4.72 Å². The van der Waals surface area contributed by atoms with Crippen molar-refractivity contribution in [1.82, 2.24) is 14.9 Å². The van der Waals surface area contributed by atoms with Gasteiger partial charge in [-0.15, -0.1) is 0 Å². The Morgan fingerprint density at radius 3 is 2.47 bits per heavy atom. The molecule has 6 nitrogen and oxygen atoms in total. The van der Waals surface area contributed by atoms with Gasteiger partial charge in [-0.2, -0.15) is 4.98 Å². The van der Waals surface area contributed by atoms with Crippen molar-refractivity contribution in [2.45, 2.75) is 31.7 Å². The average Bonchev–Trinajstić information content (AvgIpc) is 2.82. The Balaban J connectivity index is 2.09. The zero-order chi connectivity index (χ0) is 13.9. The summed E-state index contributed by atoms with van der Waals surface area (Å²) >= 11 is 0. The number of hydrogen-bond donors (Lipinski definition) is 1. The lowest BCUT2D eigenvalue weighted by molar-refractivity contribution is 0.372. The first kappa shape index (κ1) is 13.7. The molecule has 2 rings (SSSR count). The van der Waals surface area contributed by atoms with Gasteiger partial charge >= 0.3 is 0 Å². The van der Waals surface area contributed by atoms with Gasteiger partial charge in [0.05, 0.1) is 11.4 Å². The lowest BCUT2D eigenvalue weighted by Crippen LogP contribution is -2.23. The predicted octanol–water partition coefficient (Wildman–Crippen LogP) is 1.42. The first-order chi connectivity index (χ1) is 9.01. The van der Waals surface area contributed by atoms with E-state index in [1.807, 2.05) is 6.92 Å². The topological polar surface area (TPSA) is 85.1 Å². The number of aromatic nitrogens is 2.